The van der Waals surface area contributed by atoms with E-state index in [1.54, 1.807) is 0 Å². The van der Waals surface area contributed by atoms with E-state index in [1.807, 2.05) is 0 Å². The van der Waals surface area contributed by atoms with Crippen molar-refractivity contribution in [1.29, 1.82) is 0 Å². The fourth-order valence-electron chi connectivity index (χ4n) is 10.6. The zero-order valence-electron chi connectivity index (χ0n) is 46.9. The van der Waals surface area contributed by atoms with Crippen LogP contribution in [0.3, 0.4) is 0 Å². The van der Waals surface area contributed by atoms with Crippen LogP contribution in [0.25, 0.3) is 100 Å². The molecule has 0 aromatic heterocycles. The van der Waals surface area contributed by atoms with Gasteiger partial charge in [-0.25, -0.2) is 65.9 Å². The molecule has 0 atom stereocenters. The molecule has 102 heavy (non-hydrogen) atoms. The fourth-order valence-corrected chi connectivity index (χ4v) is 14.4. The molecule has 0 aliphatic heterocycles. The summed E-state index contributed by atoms with van der Waals surface area (Å²) in [6.45, 7) is -0.212. The van der Waals surface area contributed by atoms with Gasteiger partial charge in [-0.3, -0.25) is 0 Å². The van der Waals surface area contributed by atoms with E-state index >= 15 is 127 Å². The molecule has 10 aromatic carbocycles. The molecule has 10 aromatic rings. The van der Waals surface area contributed by atoms with Crippen LogP contribution in [0.4, 0.5) is 162 Å². The van der Waals surface area contributed by atoms with Crippen molar-refractivity contribution in [3.63, 3.8) is 0 Å². The first-order valence-electron chi connectivity index (χ1n) is 25.7. The Morgan fingerprint density at radius 2 is 0.304 bits per heavy atom. The Morgan fingerprint density at radius 1 is 0.137 bits per heavy atom. The summed E-state index contributed by atoms with van der Waals surface area (Å²) in [5.74, 6) is -124. The van der Waals surface area contributed by atoms with E-state index in [1.165, 1.54) is 0 Å². The van der Waals surface area contributed by atoms with Crippen LogP contribution in [0.5, 0.6) is 0 Å². The van der Waals surface area contributed by atoms with Crippen LogP contribution in [0, 0.1) is 229 Å². The predicted octanol–water partition coefficient (Wildman–Crippen LogP) is 20.9. The van der Waals surface area contributed by atoms with E-state index in [-0.39, 0.29) is 6.92 Å². The topological polar surface area (TPSA) is 0 Å². The first kappa shape index (κ1) is 77.5. The van der Waals surface area contributed by atoms with Crippen LogP contribution in [0.15, 0.2) is 0 Å². The molecule has 0 saturated carbocycles. The number of halogens is 39. The van der Waals surface area contributed by atoms with Gasteiger partial charge in [0.25, 0.3) is 0 Å². The van der Waals surface area contributed by atoms with Gasteiger partial charge in [0.05, 0.1) is 16.7 Å². The molecule has 0 fully saturated rings. The van der Waals surface area contributed by atoms with Crippen LogP contribution in [-0.4, -0.2) is 51.5 Å². The molecule has 0 N–H and O–H groups in total. The van der Waals surface area contributed by atoms with Crippen molar-refractivity contribution in [2.45, 2.75) is 6.92 Å². The maximum absolute atomic E-state index is 18.1. The standard InChI is InChI=1S/C61H3F37I2.2Tl/c1-4-9(12-50(89)54(93)58(97)55(94)51(12)90)36(75)41(80)14(26(4)65)15-30(69)16(32(71)18(31(15)70)21-42(81)37(76)10(38(77)43(21)82)5-2-7(63)29(68)61(100)27(5)66)17-33(72)19(22-44(83)39(78)13(40(79)45(22)84)11-6(62)3-8(64)28(67)60(11)99)35(74)20(34(17)73)23-46(85)48(87)24(49(88)47(23)86)25-52(91)56(95)59(98)57(96)53(25)92;;/h1H3;;. The van der Waals surface area contributed by atoms with E-state index in [0.717, 1.165) is 0 Å². The molecule has 526 valence electrons. The number of hydrogen-bond donors (Lipinski definition) is 0. The average Bonchev–Trinajstić information content (AvgIpc) is 0.705. The third kappa shape index (κ3) is 10.9. The molecule has 0 unspecified atom stereocenters. The molecular weight excluding hydrogens is 2100 g/mol. The van der Waals surface area contributed by atoms with E-state index < -0.39 is 386 Å². The molecule has 0 saturated heterocycles. The molecule has 10 rings (SSSR count). The molecule has 0 aliphatic carbocycles. The van der Waals surface area contributed by atoms with Crippen LogP contribution in [0.2, 0.25) is 0 Å². The van der Waals surface area contributed by atoms with Crippen LogP contribution in [-0.2, 0) is 0 Å². The average molecular weight is 2100 g/mol. The minimum atomic E-state index is -4.07. The van der Waals surface area contributed by atoms with Crippen molar-refractivity contribution in [1.82, 2.24) is 0 Å². The zero-order valence-corrected chi connectivity index (χ0v) is 60.2. The van der Waals surface area contributed by atoms with E-state index in [2.05, 4.69) is 0 Å². The fraction of sp³-hybridized carbons (Fsp3) is 0.0164. The first-order chi connectivity index (χ1) is 47.2. The Balaban J connectivity index is 1.47. The predicted molar refractivity (Wildman–Crippen MR) is 295 cm³/mol. The quantitative estimate of drug-likeness (QED) is 0.0444. The van der Waals surface area contributed by atoms with Crippen molar-refractivity contribution in [2.24, 2.45) is 0 Å². The van der Waals surface area contributed by atoms with Crippen molar-refractivity contribution >= 4 is 103 Å². The van der Waals surface area contributed by atoms with Gasteiger partial charge in [0.15, 0.2) is 58.2 Å². The van der Waals surface area contributed by atoms with Crippen molar-refractivity contribution in [3.8, 4) is 100 Å². The number of benzene rings is 10. The summed E-state index contributed by atoms with van der Waals surface area (Å²) in [6.07, 6.45) is 0. The van der Waals surface area contributed by atoms with E-state index in [0.29, 0.717) is 45.2 Å². The van der Waals surface area contributed by atoms with Gasteiger partial charge in [0.2, 0.25) is 11.6 Å². The van der Waals surface area contributed by atoms with Gasteiger partial charge in [-0.2, -0.15) is 0 Å². The van der Waals surface area contributed by atoms with Gasteiger partial charge < -0.3 is 0 Å². The summed E-state index contributed by atoms with van der Waals surface area (Å²) in [5.41, 5.74) is -59.3. The summed E-state index contributed by atoms with van der Waals surface area (Å²) in [7, 11) is 0. The van der Waals surface area contributed by atoms with E-state index in [9.17, 15) is 35.1 Å². The molecule has 0 radical (unpaired) electrons. The molecule has 0 nitrogen and oxygen atoms in total. The minimum Gasteiger partial charge on any atom is -0.203 e. The summed E-state index contributed by atoms with van der Waals surface area (Å²) in [5, 5.41) is 0. The Labute approximate surface area is 596 Å². The molecule has 41 heteroatoms. The summed E-state index contributed by atoms with van der Waals surface area (Å²) in [4.78, 5) is 0. The third-order valence-corrected chi connectivity index (χ3v) is 21.3. The van der Waals surface area contributed by atoms with Gasteiger partial charge in [0, 0.05) is 5.56 Å². The number of rotatable bonds is 9. The Kier molecular flexibility index (Phi) is 20.6. The van der Waals surface area contributed by atoms with Gasteiger partial charge in [-0.1, -0.05) is 0 Å². The van der Waals surface area contributed by atoms with Crippen molar-refractivity contribution in [3.05, 3.63) is 228 Å². The van der Waals surface area contributed by atoms with Gasteiger partial charge in [-0.05, 0) is 6.92 Å². The molecule has 0 aliphatic rings. The molecule has 0 bridgehead atoms. The Bertz CT molecular complexity index is 4660. The second-order valence-electron chi connectivity index (χ2n) is 20.4. The Morgan fingerprint density at radius 3 is 0.569 bits per heavy atom. The Hall–Kier alpha value is -7.09. The van der Waals surface area contributed by atoms with Crippen LogP contribution in [0.1, 0.15) is 5.56 Å². The smallest absolute Gasteiger partial charge is 0.203 e. The monoisotopic (exact) mass is 2100 g/mol. The molecule has 0 amide bonds. The van der Waals surface area contributed by atoms with Crippen molar-refractivity contribution in [2.75, 3.05) is 0 Å². The summed E-state index contributed by atoms with van der Waals surface area (Å²) >= 11 is -1.75. The first-order valence-corrected chi connectivity index (χ1v) is 32.3. The van der Waals surface area contributed by atoms with Gasteiger partial charge >= 0.3 is 436 Å². The number of hydrogen-bond acceptors (Lipinski definition) is 0. The van der Waals surface area contributed by atoms with Gasteiger partial charge in [0.1, 0.15) is 0 Å². The minimum absolute atomic E-state index is 0.212. The van der Waals surface area contributed by atoms with Crippen LogP contribution >= 0.6 is 45.2 Å². The van der Waals surface area contributed by atoms with Crippen molar-refractivity contribution < 1.29 is 162 Å². The molecular formula is C61H3F37I2Tl2. The zero-order chi connectivity index (χ0) is 76.6. The molecule has 0 spiro atoms. The van der Waals surface area contributed by atoms with Gasteiger partial charge in [-0.15, -0.1) is 0 Å². The summed E-state index contributed by atoms with van der Waals surface area (Å²) < 4.78 is 590. The maximum atomic E-state index is 18.1. The van der Waals surface area contributed by atoms with Crippen LogP contribution < -0.4 is 6.25 Å². The summed E-state index contributed by atoms with van der Waals surface area (Å²) in [6, 6.07) is 0. The van der Waals surface area contributed by atoms with E-state index in [4.69, 9.17) is 0 Å². The second kappa shape index (κ2) is 27.1. The molecule has 0 heterocycles. The second-order valence-corrected chi connectivity index (χ2v) is 27.1. The normalized spacial score (nSPS) is 11.8. The SMILES string of the molecule is Cc1c(F)c(-c2c(F)c(-c3c(F)c(F)c(-c4c(F)c(I)c(F)c(F)[c]4[Tl])c(F)c3F)c(F)c(-c3c(F)c(-c4c(F)c(F)c(-c5c(F)c(F)c(F)c(F)c5F)c(F)c4F)c(F)c(-c4c(F)c(F)c(-c5c(F)[c]([Tl])c(F)c(F)c5I)c(F)c4F)c3F)c2F)c(F)c(F)c1-c1c(F)c(F)c(F)c(F)c1F. The third-order valence-electron chi connectivity index (χ3n) is 15.2.